The Labute approximate surface area is 85.4 Å². The molecule has 0 bridgehead atoms. The predicted octanol–water partition coefficient (Wildman–Crippen LogP) is -1.44. The van der Waals surface area contributed by atoms with Gasteiger partial charge in [0.1, 0.15) is 6.10 Å². The zero-order chi connectivity index (χ0) is 11.6. The van der Waals surface area contributed by atoms with Gasteiger partial charge in [0.2, 0.25) is 11.5 Å². The van der Waals surface area contributed by atoms with Crippen LogP contribution < -0.4 is 11.3 Å². The molecule has 0 saturated heterocycles. The summed E-state index contributed by atoms with van der Waals surface area (Å²) in [7, 11) is 0. The predicted molar refractivity (Wildman–Crippen MR) is 52.0 cm³/mol. The lowest BCUT2D eigenvalue weighted by molar-refractivity contribution is -0.132. The Morgan fingerprint density at radius 2 is 2.07 bits per heavy atom. The van der Waals surface area contributed by atoms with Gasteiger partial charge in [0.15, 0.2) is 6.10 Å². The summed E-state index contributed by atoms with van der Waals surface area (Å²) in [5, 5.41) is 18.8. The third-order valence-electron chi connectivity index (χ3n) is 2.07. The Kier molecular flexibility index (Phi) is 3.23. The number of rotatable bonds is 3. The number of hydrogen-bond donors (Lipinski definition) is 4. The fourth-order valence-corrected chi connectivity index (χ4v) is 1.24. The van der Waals surface area contributed by atoms with Crippen molar-refractivity contribution in [2.45, 2.75) is 19.1 Å². The van der Waals surface area contributed by atoms with Crippen LogP contribution >= 0.6 is 0 Å². The molecular formula is C9H12N2O4. The summed E-state index contributed by atoms with van der Waals surface area (Å²) >= 11 is 0. The van der Waals surface area contributed by atoms with Crippen LogP contribution in [-0.2, 0) is 4.79 Å². The van der Waals surface area contributed by atoms with Crippen LogP contribution in [0.3, 0.4) is 0 Å². The molecule has 1 heterocycles. The molecule has 15 heavy (non-hydrogen) atoms. The van der Waals surface area contributed by atoms with E-state index in [2.05, 4.69) is 4.98 Å². The molecule has 1 aromatic heterocycles. The fourth-order valence-electron chi connectivity index (χ4n) is 1.24. The molecule has 0 saturated carbocycles. The van der Waals surface area contributed by atoms with Crippen LogP contribution in [0.4, 0.5) is 0 Å². The van der Waals surface area contributed by atoms with Crippen molar-refractivity contribution >= 4 is 5.91 Å². The number of carbonyl (C=O) groups is 1. The van der Waals surface area contributed by atoms with Crippen molar-refractivity contribution < 1.29 is 15.0 Å². The number of pyridine rings is 1. The molecule has 5 N–H and O–H groups in total. The van der Waals surface area contributed by atoms with Crippen molar-refractivity contribution in [1.82, 2.24) is 4.98 Å². The Morgan fingerprint density at radius 1 is 1.47 bits per heavy atom. The van der Waals surface area contributed by atoms with Crippen molar-refractivity contribution in [2.24, 2.45) is 5.73 Å². The molecule has 1 aromatic rings. The molecule has 82 valence electrons. The molecule has 2 unspecified atom stereocenters. The summed E-state index contributed by atoms with van der Waals surface area (Å²) in [6.07, 6.45) is -3.12. The smallest absolute Gasteiger partial charge is 0.249 e. The van der Waals surface area contributed by atoms with E-state index in [9.17, 15) is 19.8 Å². The van der Waals surface area contributed by atoms with Crippen LogP contribution in [0.15, 0.2) is 16.9 Å². The van der Waals surface area contributed by atoms with E-state index in [1.54, 1.807) is 6.92 Å². The highest BCUT2D eigenvalue weighted by Gasteiger charge is 2.24. The van der Waals surface area contributed by atoms with Gasteiger partial charge in [-0.3, -0.25) is 9.59 Å². The zero-order valence-electron chi connectivity index (χ0n) is 8.10. The van der Waals surface area contributed by atoms with Gasteiger partial charge in [0, 0.05) is 17.3 Å². The Hall–Kier alpha value is -1.66. The second-order valence-corrected chi connectivity index (χ2v) is 3.19. The summed E-state index contributed by atoms with van der Waals surface area (Å²) in [5.41, 5.74) is 5.16. The molecular weight excluding hydrogens is 200 g/mol. The van der Waals surface area contributed by atoms with E-state index in [1.165, 1.54) is 12.1 Å². The highest BCUT2D eigenvalue weighted by Crippen LogP contribution is 2.17. The Balaban J connectivity index is 3.06. The third kappa shape index (κ3) is 2.42. The summed E-state index contributed by atoms with van der Waals surface area (Å²) in [6.45, 7) is 1.55. The van der Waals surface area contributed by atoms with Gasteiger partial charge in [-0.15, -0.1) is 0 Å². The molecule has 0 aliphatic heterocycles. The first-order valence-corrected chi connectivity index (χ1v) is 4.28. The largest absolute Gasteiger partial charge is 0.385 e. The molecule has 0 aliphatic carbocycles. The first kappa shape index (κ1) is 11.4. The maximum atomic E-state index is 10.9. The summed E-state index contributed by atoms with van der Waals surface area (Å²) in [4.78, 5) is 23.9. The van der Waals surface area contributed by atoms with Crippen LogP contribution in [-0.4, -0.2) is 27.2 Å². The lowest BCUT2D eigenvalue weighted by Crippen LogP contribution is -2.34. The summed E-state index contributed by atoms with van der Waals surface area (Å²) in [6, 6.07) is 2.53. The SMILES string of the molecule is Cc1[nH]c(=O)ccc1C(O)C(O)C(N)=O. The van der Waals surface area contributed by atoms with E-state index in [0.717, 1.165) is 0 Å². The zero-order valence-corrected chi connectivity index (χ0v) is 8.10. The molecule has 0 radical (unpaired) electrons. The van der Waals surface area contributed by atoms with Gasteiger partial charge >= 0.3 is 0 Å². The van der Waals surface area contributed by atoms with E-state index < -0.39 is 18.1 Å². The molecule has 1 amide bonds. The van der Waals surface area contributed by atoms with Crippen LogP contribution in [0, 0.1) is 6.92 Å². The number of nitrogens with one attached hydrogen (secondary N) is 1. The van der Waals surface area contributed by atoms with E-state index in [0.29, 0.717) is 5.69 Å². The number of aliphatic hydroxyl groups is 2. The number of H-pyrrole nitrogens is 1. The number of primary amides is 1. The number of aliphatic hydroxyl groups excluding tert-OH is 2. The van der Waals surface area contributed by atoms with Crippen molar-refractivity contribution in [2.75, 3.05) is 0 Å². The average Bonchev–Trinajstić information content (AvgIpc) is 2.15. The van der Waals surface area contributed by atoms with Crippen LogP contribution in [0.1, 0.15) is 17.4 Å². The number of carbonyl (C=O) groups excluding carboxylic acids is 1. The Morgan fingerprint density at radius 3 is 2.53 bits per heavy atom. The van der Waals surface area contributed by atoms with E-state index in [4.69, 9.17) is 5.73 Å². The van der Waals surface area contributed by atoms with Crippen molar-refractivity contribution in [3.05, 3.63) is 33.7 Å². The van der Waals surface area contributed by atoms with Crippen molar-refractivity contribution in [1.29, 1.82) is 0 Å². The highest BCUT2D eigenvalue weighted by atomic mass is 16.3. The fraction of sp³-hybridized carbons (Fsp3) is 0.333. The maximum absolute atomic E-state index is 10.9. The van der Waals surface area contributed by atoms with Gasteiger partial charge in [-0.25, -0.2) is 0 Å². The lowest BCUT2D eigenvalue weighted by atomic mass is 10.0. The van der Waals surface area contributed by atoms with Gasteiger partial charge < -0.3 is 20.9 Å². The average molecular weight is 212 g/mol. The number of aryl methyl sites for hydroxylation is 1. The van der Waals surface area contributed by atoms with E-state index in [-0.39, 0.29) is 11.1 Å². The number of aromatic amines is 1. The van der Waals surface area contributed by atoms with Crippen molar-refractivity contribution in [3.8, 4) is 0 Å². The van der Waals surface area contributed by atoms with Crippen molar-refractivity contribution in [3.63, 3.8) is 0 Å². The third-order valence-corrected chi connectivity index (χ3v) is 2.07. The van der Waals surface area contributed by atoms with Crippen LogP contribution in [0.5, 0.6) is 0 Å². The normalized spacial score (nSPS) is 14.6. The van der Waals surface area contributed by atoms with Gasteiger partial charge in [-0.05, 0) is 13.0 Å². The van der Waals surface area contributed by atoms with Crippen LogP contribution in [0.25, 0.3) is 0 Å². The Bertz CT molecular complexity index is 426. The van der Waals surface area contributed by atoms with Gasteiger partial charge in [-0.1, -0.05) is 0 Å². The molecule has 1 rings (SSSR count). The first-order valence-electron chi connectivity index (χ1n) is 4.28. The van der Waals surface area contributed by atoms with Gasteiger partial charge in [0.25, 0.3) is 0 Å². The second kappa shape index (κ2) is 4.24. The molecule has 0 fully saturated rings. The van der Waals surface area contributed by atoms with Crippen LogP contribution in [0.2, 0.25) is 0 Å². The molecule has 0 aliphatic rings. The number of hydrogen-bond acceptors (Lipinski definition) is 4. The molecule has 6 nitrogen and oxygen atoms in total. The minimum atomic E-state index is -1.69. The molecule has 0 aromatic carbocycles. The first-order chi connectivity index (χ1) is 6.93. The second-order valence-electron chi connectivity index (χ2n) is 3.19. The number of amides is 1. The minimum absolute atomic E-state index is 0.265. The molecule has 6 heteroatoms. The quantitative estimate of drug-likeness (QED) is 0.491. The number of nitrogens with two attached hydrogens (primary N) is 1. The topological polar surface area (TPSA) is 116 Å². The summed E-state index contributed by atoms with van der Waals surface area (Å²) in [5.74, 6) is -1.02. The standard InChI is InChI=1S/C9H12N2O4/c1-4-5(2-3-6(12)11-4)7(13)8(14)9(10)15/h2-3,7-8,13-14H,1H3,(H2,10,15)(H,11,12). The molecule has 0 spiro atoms. The van der Waals surface area contributed by atoms with E-state index in [1.807, 2.05) is 0 Å². The number of aromatic nitrogens is 1. The van der Waals surface area contributed by atoms with E-state index >= 15 is 0 Å². The summed E-state index contributed by atoms with van der Waals surface area (Å²) < 4.78 is 0. The van der Waals surface area contributed by atoms with Gasteiger partial charge in [0.05, 0.1) is 0 Å². The monoisotopic (exact) mass is 212 g/mol. The minimum Gasteiger partial charge on any atom is -0.385 e. The highest BCUT2D eigenvalue weighted by molar-refractivity contribution is 5.79. The molecule has 2 atom stereocenters. The maximum Gasteiger partial charge on any atom is 0.249 e. The lowest BCUT2D eigenvalue weighted by Gasteiger charge is -2.16. The van der Waals surface area contributed by atoms with Gasteiger partial charge in [-0.2, -0.15) is 0 Å².